The molecular weight excluding hydrogens is 306 g/mol. The van der Waals surface area contributed by atoms with Crippen LogP contribution >= 0.6 is 15.9 Å². The third-order valence-corrected chi connectivity index (χ3v) is 4.06. The van der Waals surface area contributed by atoms with E-state index >= 15 is 0 Å². The second-order valence-electron chi connectivity index (χ2n) is 4.49. The molecule has 2 aromatic rings. The van der Waals surface area contributed by atoms with Gasteiger partial charge in [-0.15, -0.1) is 0 Å². The second kappa shape index (κ2) is 6.34. The maximum absolute atomic E-state index is 4.50. The standard InChI is InChI=1S/C13H20BrN5/c1-4-15-6-11-7-16-18(8-11)9-12-13(14)10(3)17-19(12)5-2/h7-8,15H,4-6,9H2,1-3H3. The molecule has 5 nitrogen and oxygen atoms in total. The minimum Gasteiger partial charge on any atom is -0.313 e. The maximum Gasteiger partial charge on any atom is 0.0839 e. The summed E-state index contributed by atoms with van der Waals surface area (Å²) in [5.74, 6) is 0. The Morgan fingerprint density at radius 3 is 2.84 bits per heavy atom. The van der Waals surface area contributed by atoms with Crippen LogP contribution in [0.3, 0.4) is 0 Å². The van der Waals surface area contributed by atoms with E-state index in [1.54, 1.807) is 0 Å². The van der Waals surface area contributed by atoms with Crippen molar-refractivity contribution >= 4 is 15.9 Å². The predicted octanol–water partition coefficient (Wildman–Crippen LogP) is 2.33. The van der Waals surface area contributed by atoms with Gasteiger partial charge < -0.3 is 5.32 Å². The number of hydrogen-bond acceptors (Lipinski definition) is 3. The van der Waals surface area contributed by atoms with E-state index in [1.165, 1.54) is 5.56 Å². The van der Waals surface area contributed by atoms with Crippen LogP contribution in [0, 0.1) is 6.92 Å². The fourth-order valence-corrected chi connectivity index (χ4v) is 2.44. The summed E-state index contributed by atoms with van der Waals surface area (Å²) in [7, 11) is 0. The highest BCUT2D eigenvalue weighted by atomic mass is 79.9. The van der Waals surface area contributed by atoms with Gasteiger partial charge in [0, 0.05) is 24.8 Å². The number of rotatable bonds is 6. The zero-order valence-electron chi connectivity index (χ0n) is 11.6. The third-order valence-electron chi connectivity index (χ3n) is 3.03. The van der Waals surface area contributed by atoms with Crippen molar-refractivity contribution in [3.63, 3.8) is 0 Å². The first-order valence-electron chi connectivity index (χ1n) is 6.59. The summed E-state index contributed by atoms with van der Waals surface area (Å²) in [5, 5.41) is 12.2. The van der Waals surface area contributed by atoms with Gasteiger partial charge in [0.2, 0.25) is 0 Å². The Labute approximate surface area is 122 Å². The maximum atomic E-state index is 4.50. The van der Waals surface area contributed by atoms with Gasteiger partial charge in [-0.3, -0.25) is 9.36 Å². The Kier molecular flexibility index (Phi) is 4.76. The van der Waals surface area contributed by atoms with Gasteiger partial charge in [-0.25, -0.2) is 0 Å². The van der Waals surface area contributed by atoms with E-state index in [0.29, 0.717) is 0 Å². The summed E-state index contributed by atoms with van der Waals surface area (Å²) >= 11 is 3.61. The highest BCUT2D eigenvalue weighted by Crippen LogP contribution is 2.21. The minimum atomic E-state index is 0.737. The zero-order valence-corrected chi connectivity index (χ0v) is 13.2. The Bertz CT molecular complexity index is 543. The number of halogens is 1. The molecule has 6 heteroatoms. The third kappa shape index (κ3) is 3.25. The summed E-state index contributed by atoms with van der Waals surface area (Å²) in [6.45, 7) is 9.66. The van der Waals surface area contributed by atoms with E-state index in [-0.39, 0.29) is 0 Å². The van der Waals surface area contributed by atoms with Gasteiger partial charge in [0.25, 0.3) is 0 Å². The number of aromatic nitrogens is 4. The Morgan fingerprint density at radius 2 is 2.16 bits per heavy atom. The van der Waals surface area contributed by atoms with Crippen LogP contribution in [-0.2, 0) is 19.6 Å². The molecule has 0 spiro atoms. The van der Waals surface area contributed by atoms with Crippen molar-refractivity contribution in [1.29, 1.82) is 0 Å². The molecule has 0 aliphatic rings. The summed E-state index contributed by atoms with van der Waals surface area (Å²) < 4.78 is 5.06. The van der Waals surface area contributed by atoms with Crippen molar-refractivity contribution in [2.45, 2.75) is 40.4 Å². The first-order valence-corrected chi connectivity index (χ1v) is 7.38. The first-order chi connectivity index (χ1) is 9.15. The van der Waals surface area contributed by atoms with Gasteiger partial charge >= 0.3 is 0 Å². The summed E-state index contributed by atoms with van der Waals surface area (Å²) in [4.78, 5) is 0. The lowest BCUT2D eigenvalue weighted by Crippen LogP contribution is -2.11. The average Bonchev–Trinajstić information content (AvgIpc) is 2.96. The summed E-state index contributed by atoms with van der Waals surface area (Å²) in [6, 6.07) is 0. The fraction of sp³-hybridized carbons (Fsp3) is 0.538. The molecule has 1 N–H and O–H groups in total. The van der Waals surface area contributed by atoms with Crippen LogP contribution in [0.1, 0.15) is 30.8 Å². The van der Waals surface area contributed by atoms with Crippen molar-refractivity contribution < 1.29 is 0 Å². The van der Waals surface area contributed by atoms with Gasteiger partial charge in [0.1, 0.15) is 0 Å². The van der Waals surface area contributed by atoms with E-state index < -0.39 is 0 Å². The van der Waals surface area contributed by atoms with Crippen molar-refractivity contribution in [1.82, 2.24) is 24.9 Å². The van der Waals surface area contributed by atoms with Crippen LogP contribution in [0.5, 0.6) is 0 Å². The highest BCUT2D eigenvalue weighted by Gasteiger charge is 2.12. The van der Waals surface area contributed by atoms with E-state index in [0.717, 1.165) is 42.0 Å². The lowest BCUT2D eigenvalue weighted by atomic mass is 10.3. The van der Waals surface area contributed by atoms with E-state index in [2.05, 4.69) is 51.5 Å². The SMILES string of the molecule is CCNCc1cnn(Cc2c(Br)c(C)nn2CC)c1. The largest absolute Gasteiger partial charge is 0.313 e. The quantitative estimate of drug-likeness (QED) is 0.886. The van der Waals surface area contributed by atoms with Gasteiger partial charge in [-0.2, -0.15) is 10.2 Å². The van der Waals surface area contributed by atoms with Crippen LogP contribution in [0.2, 0.25) is 0 Å². The number of hydrogen-bond donors (Lipinski definition) is 1. The van der Waals surface area contributed by atoms with Gasteiger partial charge in [0.05, 0.1) is 28.6 Å². The lowest BCUT2D eigenvalue weighted by molar-refractivity contribution is 0.573. The molecule has 0 aliphatic carbocycles. The van der Waals surface area contributed by atoms with Crippen molar-refractivity contribution in [3.05, 3.63) is 33.8 Å². The molecule has 0 saturated heterocycles. The average molecular weight is 326 g/mol. The summed E-state index contributed by atoms with van der Waals surface area (Å²) in [5.41, 5.74) is 3.40. The van der Waals surface area contributed by atoms with Crippen LogP contribution in [0.4, 0.5) is 0 Å². The normalized spacial score (nSPS) is 11.2. The summed E-state index contributed by atoms with van der Waals surface area (Å²) in [6.07, 6.45) is 3.99. The zero-order chi connectivity index (χ0) is 13.8. The number of nitrogens with one attached hydrogen (secondary N) is 1. The lowest BCUT2D eigenvalue weighted by Gasteiger charge is -2.05. The molecule has 2 rings (SSSR count). The molecule has 0 unspecified atom stereocenters. The second-order valence-corrected chi connectivity index (χ2v) is 5.28. The number of nitrogens with zero attached hydrogens (tertiary/aromatic N) is 4. The molecule has 0 fully saturated rings. The van der Waals surface area contributed by atoms with Gasteiger partial charge in [-0.05, 0) is 36.3 Å². The molecule has 0 radical (unpaired) electrons. The smallest absolute Gasteiger partial charge is 0.0839 e. The Hall–Kier alpha value is -1.14. The molecule has 2 heterocycles. The monoisotopic (exact) mass is 325 g/mol. The Balaban J connectivity index is 2.14. The van der Waals surface area contributed by atoms with Crippen LogP contribution in [0.15, 0.2) is 16.9 Å². The van der Waals surface area contributed by atoms with Crippen molar-refractivity contribution in [3.8, 4) is 0 Å². The van der Waals surface area contributed by atoms with Crippen LogP contribution in [0.25, 0.3) is 0 Å². The molecule has 2 aromatic heterocycles. The predicted molar refractivity (Wildman–Crippen MR) is 79.0 cm³/mol. The molecule has 0 amide bonds. The molecule has 0 atom stereocenters. The Morgan fingerprint density at radius 1 is 1.37 bits per heavy atom. The van der Waals surface area contributed by atoms with Crippen LogP contribution in [-0.4, -0.2) is 26.1 Å². The minimum absolute atomic E-state index is 0.737. The molecule has 19 heavy (non-hydrogen) atoms. The highest BCUT2D eigenvalue weighted by molar-refractivity contribution is 9.10. The first kappa shape index (κ1) is 14.3. The molecule has 0 aromatic carbocycles. The van der Waals surface area contributed by atoms with Gasteiger partial charge in [-0.1, -0.05) is 6.92 Å². The van der Waals surface area contributed by atoms with Crippen molar-refractivity contribution in [2.75, 3.05) is 6.54 Å². The van der Waals surface area contributed by atoms with E-state index in [1.807, 2.05) is 22.5 Å². The van der Waals surface area contributed by atoms with Gasteiger partial charge in [0.15, 0.2) is 0 Å². The molecule has 0 bridgehead atoms. The topological polar surface area (TPSA) is 47.7 Å². The van der Waals surface area contributed by atoms with E-state index in [4.69, 9.17) is 0 Å². The molecular formula is C13H20BrN5. The van der Waals surface area contributed by atoms with Crippen molar-refractivity contribution in [2.24, 2.45) is 0 Å². The van der Waals surface area contributed by atoms with Crippen LogP contribution < -0.4 is 5.32 Å². The molecule has 0 saturated carbocycles. The molecule has 104 valence electrons. The molecule has 0 aliphatic heterocycles. The fourth-order valence-electron chi connectivity index (χ4n) is 2.03. The number of aryl methyl sites for hydroxylation is 2. The van der Waals surface area contributed by atoms with E-state index in [9.17, 15) is 0 Å².